The fraction of sp³-hybridized carbons (Fsp3) is 0. The molecule has 0 unspecified atom stereocenters. The van der Waals surface area contributed by atoms with Crippen molar-refractivity contribution >= 4 is 33.6 Å². The molecule has 0 N–H and O–H groups in total. The standard InChI is InChI=1S/C32H8F4N6/c1-40-26(13-38)30-22-11-23-24(10-21(22)25(12-37)28(30)15-4-17(33)8-18(34)5-15)32(42-3)29(31(23)27(14-39)41-2)16-6-19(35)9-20(36)7-16/h4-11H/b30-26+,31-27-. The molecular formula is C32H8F4N6. The second-order valence-corrected chi connectivity index (χ2v) is 8.85. The van der Waals surface area contributed by atoms with Crippen LogP contribution in [0.3, 0.4) is 0 Å². The zero-order chi connectivity index (χ0) is 30.3. The highest BCUT2D eigenvalue weighted by Gasteiger charge is 2.37. The summed E-state index contributed by atoms with van der Waals surface area (Å²) in [6.07, 6.45) is 0. The number of fused-ring (bicyclic) bond motifs is 2. The lowest BCUT2D eigenvalue weighted by atomic mass is 9.91. The SMILES string of the molecule is [C-]#[N+]C1=C(c2cc(F)cc(F)c2)/C(=C(/C#N)[N+]#[C-])c2cc3c(cc21)C(C#N)=C(c1cc(F)cc(F)c1)/C3=C(\C#N)[N+]#[C-]. The molecular weight excluding hydrogens is 544 g/mol. The molecule has 10 heteroatoms. The van der Waals surface area contributed by atoms with E-state index in [0.29, 0.717) is 12.1 Å². The summed E-state index contributed by atoms with van der Waals surface area (Å²) >= 11 is 0. The van der Waals surface area contributed by atoms with E-state index in [9.17, 15) is 33.3 Å². The van der Waals surface area contributed by atoms with Gasteiger partial charge in [0.05, 0.1) is 37.4 Å². The molecule has 5 rings (SSSR count). The Morgan fingerprint density at radius 1 is 0.571 bits per heavy atom. The van der Waals surface area contributed by atoms with Gasteiger partial charge in [0.25, 0.3) is 11.4 Å². The Morgan fingerprint density at radius 2 is 1.00 bits per heavy atom. The van der Waals surface area contributed by atoms with Crippen molar-refractivity contribution in [2.45, 2.75) is 0 Å². The van der Waals surface area contributed by atoms with Crippen LogP contribution >= 0.6 is 0 Å². The Bertz CT molecular complexity index is 1970. The first-order valence-electron chi connectivity index (χ1n) is 11.6. The first-order valence-corrected chi connectivity index (χ1v) is 11.6. The smallest absolute Gasteiger partial charge is 0.237 e. The van der Waals surface area contributed by atoms with E-state index in [1.54, 1.807) is 12.1 Å². The molecule has 0 saturated heterocycles. The molecule has 0 atom stereocenters. The zero-order valence-electron chi connectivity index (χ0n) is 20.8. The Morgan fingerprint density at radius 3 is 1.43 bits per heavy atom. The van der Waals surface area contributed by atoms with Gasteiger partial charge >= 0.3 is 0 Å². The number of nitrogens with zero attached hydrogens (tertiary/aromatic N) is 6. The molecule has 3 aromatic rings. The van der Waals surface area contributed by atoms with Crippen molar-refractivity contribution < 1.29 is 17.6 Å². The topological polar surface area (TPSA) is 84.5 Å². The Balaban J connectivity index is 1.96. The van der Waals surface area contributed by atoms with Crippen LogP contribution < -0.4 is 0 Å². The van der Waals surface area contributed by atoms with Crippen molar-refractivity contribution in [2.24, 2.45) is 0 Å². The Hall–Kier alpha value is -6.72. The molecule has 0 aromatic heterocycles. The predicted molar refractivity (Wildman–Crippen MR) is 143 cm³/mol. The summed E-state index contributed by atoms with van der Waals surface area (Å²) in [5, 5.41) is 29.8. The third-order valence-corrected chi connectivity index (χ3v) is 6.64. The second-order valence-electron chi connectivity index (χ2n) is 8.85. The summed E-state index contributed by atoms with van der Waals surface area (Å²) in [6, 6.07) is 13.2. The summed E-state index contributed by atoms with van der Waals surface area (Å²) in [6.45, 7) is 23.0. The lowest BCUT2D eigenvalue weighted by molar-refractivity contribution is 0.582. The number of rotatable bonds is 2. The van der Waals surface area contributed by atoms with Crippen molar-refractivity contribution in [3.8, 4) is 18.2 Å². The molecule has 0 bridgehead atoms. The summed E-state index contributed by atoms with van der Waals surface area (Å²) in [4.78, 5) is 10.0. The van der Waals surface area contributed by atoms with Crippen molar-refractivity contribution in [3.05, 3.63) is 151 Å². The molecule has 42 heavy (non-hydrogen) atoms. The number of halogens is 4. The van der Waals surface area contributed by atoms with Gasteiger partial charge in [0, 0.05) is 17.7 Å². The van der Waals surface area contributed by atoms with E-state index in [-0.39, 0.29) is 66.9 Å². The fourth-order valence-electron chi connectivity index (χ4n) is 5.16. The molecule has 0 aliphatic heterocycles. The minimum atomic E-state index is -0.972. The van der Waals surface area contributed by atoms with Crippen molar-refractivity contribution in [3.63, 3.8) is 0 Å². The largest absolute Gasteiger partial charge is 0.270 e. The highest BCUT2D eigenvalue weighted by Crippen LogP contribution is 2.55. The van der Waals surface area contributed by atoms with Crippen LogP contribution in [0.25, 0.3) is 48.1 Å². The van der Waals surface area contributed by atoms with Crippen LogP contribution in [0.2, 0.25) is 0 Å². The summed E-state index contributed by atoms with van der Waals surface area (Å²) in [5.41, 5.74) is -1.65. The molecule has 0 saturated carbocycles. The minimum absolute atomic E-state index is 0.0910. The lowest BCUT2D eigenvalue weighted by Crippen LogP contribution is -1.95. The van der Waals surface area contributed by atoms with Crippen molar-refractivity contribution in [2.75, 3.05) is 0 Å². The highest BCUT2D eigenvalue weighted by atomic mass is 19.1. The van der Waals surface area contributed by atoms with Crippen LogP contribution in [0, 0.1) is 77.0 Å². The predicted octanol–water partition coefficient (Wildman–Crippen LogP) is 7.80. The fourth-order valence-corrected chi connectivity index (χ4v) is 5.16. The monoisotopic (exact) mass is 552 g/mol. The van der Waals surface area contributed by atoms with E-state index < -0.39 is 34.7 Å². The van der Waals surface area contributed by atoms with Gasteiger partial charge < -0.3 is 0 Å². The maximum Gasteiger partial charge on any atom is 0.270 e. The maximum atomic E-state index is 14.3. The highest BCUT2D eigenvalue weighted by molar-refractivity contribution is 6.29. The molecule has 3 aromatic carbocycles. The van der Waals surface area contributed by atoms with Crippen LogP contribution in [-0.4, -0.2) is 0 Å². The van der Waals surface area contributed by atoms with Gasteiger partial charge in [-0.15, -0.1) is 0 Å². The first kappa shape index (κ1) is 26.9. The van der Waals surface area contributed by atoms with E-state index in [1.165, 1.54) is 12.1 Å². The average molecular weight is 552 g/mol. The van der Waals surface area contributed by atoms with E-state index in [0.717, 1.165) is 24.3 Å². The molecule has 2 aliphatic rings. The van der Waals surface area contributed by atoms with Gasteiger partial charge in [-0.25, -0.2) is 42.6 Å². The number of allylic oxidation sites excluding steroid dienone is 7. The first-order chi connectivity index (χ1) is 20.2. The second kappa shape index (κ2) is 10.1. The van der Waals surface area contributed by atoms with Gasteiger partial charge in [0.15, 0.2) is 0 Å². The van der Waals surface area contributed by atoms with Crippen LogP contribution in [0.5, 0.6) is 0 Å². The van der Waals surface area contributed by atoms with Gasteiger partial charge in [0.1, 0.15) is 29.3 Å². The summed E-state index contributed by atoms with van der Waals surface area (Å²) in [5.74, 6) is -3.88. The molecule has 0 amide bonds. The minimum Gasteiger partial charge on any atom is -0.237 e. The molecule has 0 heterocycles. The van der Waals surface area contributed by atoms with Gasteiger partial charge in [-0.05, 0) is 80.4 Å². The van der Waals surface area contributed by atoms with Crippen LogP contribution in [0.4, 0.5) is 17.6 Å². The molecule has 0 radical (unpaired) electrons. The van der Waals surface area contributed by atoms with Crippen LogP contribution in [0.15, 0.2) is 59.9 Å². The van der Waals surface area contributed by atoms with E-state index in [1.807, 2.05) is 6.07 Å². The maximum absolute atomic E-state index is 14.3. The number of hydrogen-bond acceptors (Lipinski definition) is 3. The molecule has 0 fully saturated rings. The van der Waals surface area contributed by atoms with Crippen LogP contribution in [-0.2, 0) is 0 Å². The third-order valence-electron chi connectivity index (χ3n) is 6.64. The molecule has 0 spiro atoms. The van der Waals surface area contributed by atoms with Crippen molar-refractivity contribution in [1.29, 1.82) is 15.8 Å². The van der Waals surface area contributed by atoms with Gasteiger partial charge in [-0.2, -0.15) is 5.26 Å². The van der Waals surface area contributed by atoms with Gasteiger partial charge in [0.2, 0.25) is 5.70 Å². The molecule has 2 aliphatic carbocycles. The van der Waals surface area contributed by atoms with E-state index in [4.69, 9.17) is 19.7 Å². The summed E-state index contributed by atoms with van der Waals surface area (Å²) < 4.78 is 57.0. The van der Waals surface area contributed by atoms with Gasteiger partial charge in [-0.1, -0.05) is 6.07 Å². The number of hydrogen-bond donors (Lipinski definition) is 0. The molecule has 194 valence electrons. The zero-order valence-corrected chi connectivity index (χ0v) is 20.8. The third kappa shape index (κ3) is 3.99. The number of benzene rings is 3. The number of nitriles is 3. The summed E-state index contributed by atoms with van der Waals surface area (Å²) in [7, 11) is 0. The Kier molecular flexibility index (Phi) is 6.47. The van der Waals surface area contributed by atoms with Crippen LogP contribution in [0.1, 0.15) is 33.4 Å². The van der Waals surface area contributed by atoms with E-state index in [2.05, 4.69) is 14.5 Å². The quantitative estimate of drug-likeness (QED) is 0.185. The normalized spacial score (nSPS) is 15.4. The van der Waals surface area contributed by atoms with E-state index >= 15 is 0 Å². The Labute approximate surface area is 236 Å². The average Bonchev–Trinajstić information content (AvgIpc) is 3.44. The van der Waals surface area contributed by atoms with Gasteiger partial charge in [-0.3, -0.25) is 0 Å². The lowest BCUT2D eigenvalue weighted by Gasteiger charge is -2.13. The van der Waals surface area contributed by atoms with Crippen molar-refractivity contribution in [1.82, 2.24) is 0 Å². The molecule has 6 nitrogen and oxygen atoms in total.